The number of likely N-dealkylation sites (tertiary alicyclic amines) is 1. The minimum Gasteiger partial charge on any atom is -0.354 e. The highest BCUT2D eigenvalue weighted by Crippen LogP contribution is 2.16. The molecule has 2 heterocycles. The van der Waals surface area contributed by atoms with E-state index in [1.54, 1.807) is 4.68 Å². The fraction of sp³-hybridized carbons (Fsp3) is 0.556. The van der Waals surface area contributed by atoms with Gasteiger partial charge in [-0.2, -0.15) is 5.10 Å². The Morgan fingerprint density at radius 2 is 2.22 bits per heavy atom. The Hall–Kier alpha value is -1.88. The molecular weight excluding hydrogens is 288 g/mol. The first-order chi connectivity index (χ1) is 11.1. The molecular formula is C18H26N4O. The number of hydrogen-bond acceptors (Lipinski definition) is 3. The van der Waals surface area contributed by atoms with E-state index in [1.165, 1.54) is 6.42 Å². The molecule has 124 valence electrons. The highest BCUT2D eigenvalue weighted by Gasteiger charge is 2.23. The number of hydrogen-bond donors (Lipinski definition) is 1. The van der Waals surface area contributed by atoms with Crippen LogP contribution in [0.15, 0.2) is 30.5 Å². The van der Waals surface area contributed by atoms with Gasteiger partial charge in [-0.3, -0.25) is 9.48 Å². The lowest BCUT2D eigenvalue weighted by atomic mass is 10.1. The third kappa shape index (κ3) is 4.32. The van der Waals surface area contributed by atoms with Gasteiger partial charge >= 0.3 is 0 Å². The number of carbonyl (C=O) groups is 1. The van der Waals surface area contributed by atoms with Crippen molar-refractivity contribution in [2.75, 3.05) is 26.2 Å². The van der Waals surface area contributed by atoms with E-state index in [-0.39, 0.29) is 12.5 Å². The van der Waals surface area contributed by atoms with Crippen molar-refractivity contribution in [3.8, 4) is 0 Å². The zero-order chi connectivity index (χ0) is 16.2. The second kappa shape index (κ2) is 7.13. The standard InChI is InChI=1S/C18H26N4O/c1-14(2)10-21-8-7-15(11-21)9-19-18(23)13-22-12-16-5-3-4-6-17(16)20-22/h3-6,12,14-15H,7-11,13H2,1-2H3,(H,19,23)/t15-/m0/s1. The fourth-order valence-corrected chi connectivity index (χ4v) is 3.32. The van der Waals surface area contributed by atoms with Crippen LogP contribution in [0.5, 0.6) is 0 Å². The van der Waals surface area contributed by atoms with Gasteiger partial charge in [-0.1, -0.05) is 32.0 Å². The Morgan fingerprint density at radius 3 is 3.00 bits per heavy atom. The maximum absolute atomic E-state index is 12.1. The van der Waals surface area contributed by atoms with Crippen LogP contribution in [0.3, 0.4) is 0 Å². The molecule has 0 unspecified atom stereocenters. The molecule has 5 nitrogen and oxygen atoms in total. The third-order valence-electron chi connectivity index (χ3n) is 4.35. The lowest BCUT2D eigenvalue weighted by molar-refractivity contribution is -0.122. The highest BCUT2D eigenvalue weighted by atomic mass is 16.2. The Morgan fingerprint density at radius 1 is 1.39 bits per heavy atom. The van der Waals surface area contributed by atoms with Crippen LogP contribution in [0, 0.1) is 11.8 Å². The molecule has 0 saturated carbocycles. The lowest BCUT2D eigenvalue weighted by Gasteiger charge is -2.18. The summed E-state index contributed by atoms with van der Waals surface area (Å²) in [4.78, 5) is 14.6. The fourth-order valence-electron chi connectivity index (χ4n) is 3.32. The number of aromatic nitrogens is 2. The molecule has 2 aromatic rings. The molecule has 23 heavy (non-hydrogen) atoms. The van der Waals surface area contributed by atoms with Gasteiger partial charge in [0.1, 0.15) is 6.54 Å². The Bertz CT molecular complexity index is 631. The van der Waals surface area contributed by atoms with E-state index in [0.29, 0.717) is 11.8 Å². The van der Waals surface area contributed by atoms with E-state index < -0.39 is 0 Å². The Labute approximate surface area is 137 Å². The molecule has 1 saturated heterocycles. The van der Waals surface area contributed by atoms with Crippen LogP contribution in [0.4, 0.5) is 0 Å². The maximum Gasteiger partial charge on any atom is 0.241 e. The summed E-state index contributed by atoms with van der Waals surface area (Å²) in [5.74, 6) is 1.33. The van der Waals surface area contributed by atoms with Gasteiger partial charge in [-0.05, 0) is 30.9 Å². The minimum absolute atomic E-state index is 0.0418. The minimum atomic E-state index is 0.0418. The van der Waals surface area contributed by atoms with Gasteiger partial charge in [0, 0.05) is 31.2 Å². The zero-order valence-corrected chi connectivity index (χ0v) is 14.0. The van der Waals surface area contributed by atoms with Crippen LogP contribution in [-0.4, -0.2) is 46.8 Å². The summed E-state index contributed by atoms with van der Waals surface area (Å²) < 4.78 is 1.72. The van der Waals surface area contributed by atoms with Crippen LogP contribution >= 0.6 is 0 Å². The summed E-state index contributed by atoms with van der Waals surface area (Å²) in [6.07, 6.45) is 3.10. The molecule has 1 atom stereocenters. The molecule has 1 N–H and O–H groups in total. The molecule has 1 aromatic heterocycles. The monoisotopic (exact) mass is 314 g/mol. The average Bonchev–Trinajstić information content (AvgIpc) is 3.10. The predicted octanol–water partition coefficient (Wildman–Crippen LogP) is 2.13. The predicted molar refractivity (Wildman–Crippen MR) is 92.1 cm³/mol. The number of amides is 1. The number of nitrogens with one attached hydrogen (secondary N) is 1. The van der Waals surface area contributed by atoms with Crippen molar-refractivity contribution in [2.24, 2.45) is 11.8 Å². The first kappa shape index (κ1) is 16.0. The van der Waals surface area contributed by atoms with Gasteiger partial charge in [0.2, 0.25) is 5.91 Å². The van der Waals surface area contributed by atoms with Crippen molar-refractivity contribution in [3.05, 3.63) is 30.5 Å². The van der Waals surface area contributed by atoms with Gasteiger partial charge in [0.25, 0.3) is 0 Å². The normalized spacial score (nSPS) is 18.8. The van der Waals surface area contributed by atoms with Crippen molar-refractivity contribution in [1.82, 2.24) is 20.0 Å². The number of carbonyl (C=O) groups excluding carboxylic acids is 1. The maximum atomic E-state index is 12.1. The van der Waals surface area contributed by atoms with Gasteiger partial charge in [-0.25, -0.2) is 0 Å². The summed E-state index contributed by atoms with van der Waals surface area (Å²) >= 11 is 0. The van der Waals surface area contributed by atoms with Crippen LogP contribution in [0.1, 0.15) is 20.3 Å². The average molecular weight is 314 g/mol. The summed E-state index contributed by atoms with van der Waals surface area (Å²) in [6.45, 7) is 8.98. The van der Waals surface area contributed by atoms with E-state index in [0.717, 1.165) is 37.1 Å². The molecule has 3 rings (SSSR count). The van der Waals surface area contributed by atoms with Crippen LogP contribution in [-0.2, 0) is 11.3 Å². The molecule has 0 radical (unpaired) electrons. The number of benzene rings is 1. The van der Waals surface area contributed by atoms with Crippen LogP contribution in [0.2, 0.25) is 0 Å². The number of nitrogens with zero attached hydrogens (tertiary/aromatic N) is 3. The molecule has 0 bridgehead atoms. The first-order valence-electron chi connectivity index (χ1n) is 8.51. The molecule has 1 aliphatic rings. The second-order valence-corrected chi connectivity index (χ2v) is 7.00. The van der Waals surface area contributed by atoms with Crippen LogP contribution < -0.4 is 5.32 Å². The van der Waals surface area contributed by atoms with Gasteiger partial charge in [0.15, 0.2) is 0 Å². The lowest BCUT2D eigenvalue weighted by Crippen LogP contribution is -2.33. The molecule has 1 aromatic carbocycles. The molecule has 0 spiro atoms. The Kier molecular flexibility index (Phi) is 4.96. The van der Waals surface area contributed by atoms with Gasteiger partial charge in [0.05, 0.1) is 5.52 Å². The second-order valence-electron chi connectivity index (χ2n) is 7.00. The number of fused-ring (bicyclic) bond motifs is 1. The van der Waals surface area contributed by atoms with E-state index in [9.17, 15) is 4.79 Å². The molecule has 0 aliphatic carbocycles. The van der Waals surface area contributed by atoms with Crippen molar-refractivity contribution in [3.63, 3.8) is 0 Å². The topological polar surface area (TPSA) is 50.2 Å². The smallest absolute Gasteiger partial charge is 0.241 e. The van der Waals surface area contributed by atoms with Crippen molar-refractivity contribution >= 4 is 16.8 Å². The quantitative estimate of drug-likeness (QED) is 0.888. The molecule has 1 aliphatic heterocycles. The number of rotatable bonds is 6. The van der Waals surface area contributed by atoms with E-state index in [1.807, 2.05) is 30.5 Å². The van der Waals surface area contributed by atoms with E-state index in [2.05, 4.69) is 29.2 Å². The largest absolute Gasteiger partial charge is 0.354 e. The van der Waals surface area contributed by atoms with Gasteiger partial charge in [-0.15, -0.1) is 0 Å². The first-order valence-corrected chi connectivity index (χ1v) is 8.51. The summed E-state index contributed by atoms with van der Waals surface area (Å²) in [5, 5.41) is 8.56. The molecule has 1 amide bonds. The van der Waals surface area contributed by atoms with Gasteiger partial charge < -0.3 is 10.2 Å². The molecule has 1 fully saturated rings. The third-order valence-corrected chi connectivity index (χ3v) is 4.35. The SMILES string of the molecule is CC(C)CN1CC[C@@H](CNC(=O)Cn2cc3ccccc3n2)C1. The summed E-state index contributed by atoms with van der Waals surface area (Å²) in [5.41, 5.74) is 0.931. The van der Waals surface area contributed by atoms with Crippen molar-refractivity contribution in [1.29, 1.82) is 0 Å². The van der Waals surface area contributed by atoms with Crippen molar-refractivity contribution in [2.45, 2.75) is 26.8 Å². The summed E-state index contributed by atoms with van der Waals surface area (Å²) in [7, 11) is 0. The van der Waals surface area contributed by atoms with E-state index >= 15 is 0 Å². The van der Waals surface area contributed by atoms with Crippen LogP contribution in [0.25, 0.3) is 10.9 Å². The summed E-state index contributed by atoms with van der Waals surface area (Å²) in [6, 6.07) is 7.92. The zero-order valence-electron chi connectivity index (χ0n) is 14.0. The highest BCUT2D eigenvalue weighted by molar-refractivity contribution is 5.79. The van der Waals surface area contributed by atoms with E-state index in [4.69, 9.17) is 0 Å². The molecule has 5 heteroatoms. The van der Waals surface area contributed by atoms with Crippen molar-refractivity contribution < 1.29 is 4.79 Å². The Balaban J connectivity index is 1.45.